The summed E-state index contributed by atoms with van der Waals surface area (Å²) < 4.78 is 12.0. The summed E-state index contributed by atoms with van der Waals surface area (Å²) in [7, 11) is -1.49. The number of aliphatic imine (C=N–C) groups is 1. The number of amides is 1. The molecule has 26 heavy (non-hydrogen) atoms. The summed E-state index contributed by atoms with van der Waals surface area (Å²) in [6.07, 6.45) is 9.37. The number of primary amides is 1. The van der Waals surface area contributed by atoms with E-state index in [0.29, 0.717) is 18.7 Å². The van der Waals surface area contributed by atoms with E-state index in [0.717, 1.165) is 5.56 Å². The van der Waals surface area contributed by atoms with E-state index < -0.39 is 22.2 Å². The molecule has 2 atom stereocenters. The van der Waals surface area contributed by atoms with Crippen molar-refractivity contribution < 1.29 is 14.1 Å². The number of aryl methyl sites for hydroxylation is 1. The number of nitrogens with zero attached hydrogens (tertiary/aromatic N) is 3. The lowest BCUT2D eigenvalue weighted by Crippen LogP contribution is -2.26. The van der Waals surface area contributed by atoms with Crippen molar-refractivity contribution in [1.29, 1.82) is 0 Å². The van der Waals surface area contributed by atoms with Crippen LogP contribution in [0.1, 0.15) is 28.2 Å². The molecule has 3 rings (SSSR count). The molecule has 0 saturated carbocycles. The van der Waals surface area contributed by atoms with Gasteiger partial charge in [-0.3, -0.25) is 14.0 Å². The summed E-state index contributed by atoms with van der Waals surface area (Å²) in [4.78, 5) is 24.7. The maximum absolute atomic E-state index is 12.0. The first-order chi connectivity index (χ1) is 12.4. The van der Waals surface area contributed by atoms with Gasteiger partial charge >= 0.3 is 0 Å². The molecular weight excluding hydrogens is 352 g/mol. The Bertz CT molecular complexity index is 911. The van der Waals surface area contributed by atoms with Gasteiger partial charge in [0.25, 0.3) is 5.91 Å². The van der Waals surface area contributed by atoms with Crippen molar-refractivity contribution in [2.45, 2.75) is 23.4 Å². The number of rotatable bonds is 6. The van der Waals surface area contributed by atoms with E-state index >= 15 is 0 Å². The summed E-state index contributed by atoms with van der Waals surface area (Å²) in [6, 6.07) is 6.95. The molecule has 0 saturated heterocycles. The lowest BCUT2D eigenvalue weighted by Gasteiger charge is -2.23. The number of benzene rings is 1. The summed E-state index contributed by atoms with van der Waals surface area (Å²) in [5, 5.41) is 9.51. The number of phenols is 1. The van der Waals surface area contributed by atoms with Crippen molar-refractivity contribution in [1.82, 2.24) is 9.97 Å². The molecular formula is C18H18N4O3S. The van der Waals surface area contributed by atoms with E-state index in [4.69, 9.17) is 5.73 Å². The highest BCUT2D eigenvalue weighted by molar-refractivity contribution is 7.84. The van der Waals surface area contributed by atoms with Gasteiger partial charge in [-0.15, -0.1) is 0 Å². The van der Waals surface area contributed by atoms with Crippen LogP contribution >= 0.6 is 0 Å². The van der Waals surface area contributed by atoms with Gasteiger partial charge in [0, 0.05) is 18.7 Å². The second-order valence-electron chi connectivity index (χ2n) is 5.96. The molecule has 0 spiro atoms. The Morgan fingerprint density at radius 2 is 2.04 bits per heavy atom. The smallest absolute Gasteiger partial charge is 0.253 e. The van der Waals surface area contributed by atoms with Crippen molar-refractivity contribution in [2.75, 3.05) is 6.26 Å². The van der Waals surface area contributed by atoms with Gasteiger partial charge in [-0.05, 0) is 42.7 Å². The SMILES string of the molecule is CS(=O)c1nc(C2(CCc3ccc(O)cc3)C=CC=N2)ncc1C(N)=O. The molecule has 1 aliphatic heterocycles. The zero-order valence-electron chi connectivity index (χ0n) is 14.1. The lowest BCUT2D eigenvalue weighted by molar-refractivity contribution is 0.0996. The molecule has 1 aliphatic rings. The van der Waals surface area contributed by atoms with Crippen LogP contribution in [0.3, 0.4) is 0 Å². The Morgan fingerprint density at radius 1 is 1.31 bits per heavy atom. The molecule has 0 radical (unpaired) electrons. The van der Waals surface area contributed by atoms with E-state index in [2.05, 4.69) is 15.0 Å². The van der Waals surface area contributed by atoms with Crippen LogP contribution in [0.15, 0.2) is 52.6 Å². The van der Waals surface area contributed by atoms with Gasteiger partial charge in [0.1, 0.15) is 16.3 Å². The number of carbonyl (C=O) groups excluding carboxylic acids is 1. The molecule has 134 valence electrons. The van der Waals surface area contributed by atoms with Crippen molar-refractivity contribution in [2.24, 2.45) is 10.7 Å². The number of phenolic OH excluding ortho intramolecular Hbond substituents is 1. The maximum Gasteiger partial charge on any atom is 0.253 e. The number of nitrogens with two attached hydrogens (primary N) is 1. The van der Waals surface area contributed by atoms with Gasteiger partial charge in [0.15, 0.2) is 5.82 Å². The minimum atomic E-state index is -1.49. The van der Waals surface area contributed by atoms with Gasteiger partial charge in [0.2, 0.25) is 0 Å². The molecule has 0 aliphatic carbocycles. The van der Waals surface area contributed by atoms with E-state index in [9.17, 15) is 14.1 Å². The molecule has 1 aromatic carbocycles. The second kappa shape index (κ2) is 7.17. The maximum atomic E-state index is 12.0. The highest BCUT2D eigenvalue weighted by Gasteiger charge is 2.34. The predicted octanol–water partition coefficient (Wildman–Crippen LogP) is 1.49. The average molecular weight is 370 g/mol. The average Bonchev–Trinajstić information content (AvgIpc) is 3.11. The molecule has 1 aromatic heterocycles. The van der Waals surface area contributed by atoms with E-state index in [-0.39, 0.29) is 16.3 Å². The molecule has 2 heterocycles. The van der Waals surface area contributed by atoms with Gasteiger partial charge in [0.05, 0.1) is 16.4 Å². The Hall–Kier alpha value is -2.87. The first-order valence-corrected chi connectivity index (χ1v) is 9.49. The van der Waals surface area contributed by atoms with Crippen molar-refractivity contribution in [3.05, 3.63) is 59.6 Å². The zero-order chi connectivity index (χ0) is 18.7. The fourth-order valence-corrected chi connectivity index (χ4v) is 3.45. The molecule has 1 amide bonds. The van der Waals surface area contributed by atoms with Crippen molar-refractivity contribution >= 4 is 22.9 Å². The van der Waals surface area contributed by atoms with Crippen LogP contribution in [-0.4, -0.2) is 37.7 Å². The molecule has 0 fully saturated rings. The number of hydrogen-bond acceptors (Lipinski definition) is 6. The van der Waals surface area contributed by atoms with E-state index in [1.807, 2.05) is 24.3 Å². The molecule has 2 aromatic rings. The number of carbonyl (C=O) groups is 1. The third-order valence-corrected chi connectivity index (χ3v) is 5.03. The number of hydrogen-bond donors (Lipinski definition) is 2. The minimum Gasteiger partial charge on any atom is -0.508 e. The first kappa shape index (κ1) is 17.9. The van der Waals surface area contributed by atoms with Crippen molar-refractivity contribution in [3.63, 3.8) is 0 Å². The molecule has 3 N–H and O–H groups in total. The quantitative estimate of drug-likeness (QED) is 0.747. The third kappa shape index (κ3) is 3.55. The Balaban J connectivity index is 1.95. The molecule has 2 unspecified atom stereocenters. The highest BCUT2D eigenvalue weighted by Crippen LogP contribution is 2.33. The lowest BCUT2D eigenvalue weighted by atomic mass is 9.91. The Morgan fingerprint density at radius 3 is 2.62 bits per heavy atom. The van der Waals surface area contributed by atoms with Crippen LogP contribution in [-0.2, 0) is 22.8 Å². The van der Waals surface area contributed by atoms with Crippen LogP contribution in [0.5, 0.6) is 5.75 Å². The topological polar surface area (TPSA) is 119 Å². The van der Waals surface area contributed by atoms with Crippen LogP contribution in [0, 0.1) is 0 Å². The zero-order valence-corrected chi connectivity index (χ0v) is 14.9. The summed E-state index contributed by atoms with van der Waals surface area (Å²) in [6.45, 7) is 0. The summed E-state index contributed by atoms with van der Waals surface area (Å²) in [5.41, 5.74) is 5.61. The number of allylic oxidation sites excluding steroid dienone is 1. The van der Waals surface area contributed by atoms with Crippen LogP contribution < -0.4 is 5.73 Å². The Kier molecular flexibility index (Phi) is 4.94. The largest absolute Gasteiger partial charge is 0.508 e. The molecule has 7 nitrogen and oxygen atoms in total. The standard InChI is InChI=1S/C18H18N4O3S/c1-26(25)16-14(15(19)24)11-20-17(22-16)18(8-2-10-21-18)9-7-12-3-5-13(23)6-4-12/h2-6,8,10-11,23H,7,9H2,1H3,(H2,19,24). The van der Waals surface area contributed by atoms with Crippen LogP contribution in [0.4, 0.5) is 0 Å². The normalized spacial score (nSPS) is 19.6. The minimum absolute atomic E-state index is 0.0502. The van der Waals surface area contributed by atoms with Gasteiger partial charge in [-0.2, -0.15) is 0 Å². The second-order valence-corrected chi connectivity index (χ2v) is 7.25. The van der Waals surface area contributed by atoms with Crippen molar-refractivity contribution in [3.8, 4) is 5.75 Å². The first-order valence-electron chi connectivity index (χ1n) is 7.93. The van der Waals surface area contributed by atoms with E-state index in [1.54, 1.807) is 18.3 Å². The van der Waals surface area contributed by atoms with Gasteiger partial charge in [-0.1, -0.05) is 12.1 Å². The number of aromatic nitrogens is 2. The van der Waals surface area contributed by atoms with Crippen LogP contribution in [0.2, 0.25) is 0 Å². The number of aromatic hydroxyl groups is 1. The Labute approximate surface area is 153 Å². The fourth-order valence-electron chi connectivity index (χ4n) is 2.77. The van der Waals surface area contributed by atoms with E-state index in [1.165, 1.54) is 12.5 Å². The monoisotopic (exact) mass is 370 g/mol. The van der Waals surface area contributed by atoms with Gasteiger partial charge < -0.3 is 10.8 Å². The fraction of sp³-hybridized carbons (Fsp3) is 0.222. The van der Waals surface area contributed by atoms with Gasteiger partial charge in [-0.25, -0.2) is 9.97 Å². The molecule has 0 bridgehead atoms. The summed E-state index contributed by atoms with van der Waals surface area (Å²) >= 11 is 0. The third-order valence-electron chi connectivity index (χ3n) is 4.17. The molecule has 8 heteroatoms. The highest BCUT2D eigenvalue weighted by atomic mass is 32.2. The summed E-state index contributed by atoms with van der Waals surface area (Å²) in [5.74, 6) is -0.135. The van der Waals surface area contributed by atoms with Crippen LogP contribution in [0.25, 0.3) is 0 Å². The predicted molar refractivity (Wildman–Crippen MR) is 98.6 cm³/mol.